The van der Waals surface area contributed by atoms with Gasteiger partial charge in [-0.1, -0.05) is 32.9 Å². The maximum atomic E-state index is 11.8. The molecule has 0 aliphatic heterocycles. The molecule has 1 atom stereocenters. The van der Waals surface area contributed by atoms with E-state index < -0.39 is 6.10 Å². The molecule has 0 bridgehead atoms. The van der Waals surface area contributed by atoms with Crippen LogP contribution in [0.5, 0.6) is 5.75 Å². The molecule has 1 N–H and O–H groups in total. The Labute approximate surface area is 121 Å². The molecule has 0 saturated heterocycles. The van der Waals surface area contributed by atoms with Crippen LogP contribution in [-0.2, 0) is 14.9 Å². The van der Waals surface area contributed by atoms with Gasteiger partial charge in [0.2, 0.25) is 0 Å². The summed E-state index contributed by atoms with van der Waals surface area (Å²) < 4.78 is 10.5. The van der Waals surface area contributed by atoms with Gasteiger partial charge in [-0.25, -0.2) is 0 Å². The molecule has 0 aliphatic carbocycles. The van der Waals surface area contributed by atoms with Gasteiger partial charge in [0.1, 0.15) is 5.75 Å². The van der Waals surface area contributed by atoms with E-state index in [9.17, 15) is 4.79 Å². The van der Waals surface area contributed by atoms with Crippen molar-refractivity contribution in [3.63, 3.8) is 0 Å². The van der Waals surface area contributed by atoms with Crippen LogP contribution in [0.25, 0.3) is 0 Å². The molecule has 0 fully saturated rings. The quantitative estimate of drug-likeness (QED) is 0.814. The molecule has 0 saturated carbocycles. The fraction of sp³-hybridized carbons (Fsp3) is 0.562. The summed E-state index contributed by atoms with van der Waals surface area (Å²) in [5.74, 6) is 0.564. The Bertz CT molecular complexity index is 420. The fourth-order valence-corrected chi connectivity index (χ4v) is 1.71. The number of rotatable bonds is 6. The maximum absolute atomic E-state index is 11.8. The van der Waals surface area contributed by atoms with Crippen LogP contribution in [0, 0.1) is 0 Å². The predicted octanol–water partition coefficient (Wildman–Crippen LogP) is 2.51. The van der Waals surface area contributed by atoms with Gasteiger partial charge in [-0.15, -0.1) is 0 Å². The number of amides is 1. The number of ether oxygens (including phenoxy) is 2. The SMILES string of the molecule is COCCNC(=O)C(C)Oc1ccc(C(C)(C)C)cc1. The lowest BCUT2D eigenvalue weighted by Gasteiger charge is -2.20. The van der Waals surface area contributed by atoms with Crippen molar-refractivity contribution in [3.05, 3.63) is 29.8 Å². The van der Waals surface area contributed by atoms with E-state index in [1.54, 1.807) is 14.0 Å². The minimum absolute atomic E-state index is 0.113. The summed E-state index contributed by atoms with van der Waals surface area (Å²) in [6, 6.07) is 7.87. The summed E-state index contributed by atoms with van der Waals surface area (Å²) in [5, 5.41) is 2.75. The molecule has 1 amide bonds. The molecule has 20 heavy (non-hydrogen) atoms. The van der Waals surface area contributed by atoms with Crippen LogP contribution in [0.1, 0.15) is 33.3 Å². The Kier molecular flexibility index (Phi) is 6.02. The van der Waals surface area contributed by atoms with Gasteiger partial charge in [0.05, 0.1) is 6.61 Å². The molecule has 112 valence electrons. The molecular weight excluding hydrogens is 254 g/mol. The highest BCUT2D eigenvalue weighted by atomic mass is 16.5. The topological polar surface area (TPSA) is 47.6 Å². The smallest absolute Gasteiger partial charge is 0.260 e. The first-order valence-corrected chi connectivity index (χ1v) is 6.88. The van der Waals surface area contributed by atoms with Gasteiger partial charge in [-0.2, -0.15) is 0 Å². The third kappa shape index (κ3) is 5.21. The Hall–Kier alpha value is -1.55. The maximum Gasteiger partial charge on any atom is 0.260 e. The lowest BCUT2D eigenvalue weighted by atomic mass is 9.87. The largest absolute Gasteiger partial charge is 0.481 e. The average Bonchev–Trinajstić information content (AvgIpc) is 2.38. The second kappa shape index (κ2) is 7.29. The van der Waals surface area contributed by atoms with E-state index in [1.165, 1.54) is 5.56 Å². The first-order chi connectivity index (χ1) is 9.34. The minimum Gasteiger partial charge on any atom is -0.481 e. The number of methoxy groups -OCH3 is 1. The van der Waals surface area contributed by atoms with Crippen molar-refractivity contribution < 1.29 is 14.3 Å². The average molecular weight is 279 g/mol. The molecule has 0 aliphatic rings. The Morgan fingerprint density at radius 1 is 1.25 bits per heavy atom. The van der Waals surface area contributed by atoms with Gasteiger partial charge < -0.3 is 14.8 Å². The number of carbonyl (C=O) groups is 1. The molecule has 1 aromatic carbocycles. The lowest BCUT2D eigenvalue weighted by Crippen LogP contribution is -2.37. The molecule has 1 unspecified atom stereocenters. The van der Waals surface area contributed by atoms with Crippen LogP contribution in [0.15, 0.2) is 24.3 Å². The van der Waals surface area contributed by atoms with Crippen molar-refractivity contribution >= 4 is 5.91 Å². The van der Waals surface area contributed by atoms with Crippen LogP contribution in [0.3, 0.4) is 0 Å². The monoisotopic (exact) mass is 279 g/mol. The zero-order valence-corrected chi connectivity index (χ0v) is 13.0. The molecule has 0 heterocycles. The highest BCUT2D eigenvalue weighted by Crippen LogP contribution is 2.24. The fourth-order valence-electron chi connectivity index (χ4n) is 1.71. The molecule has 0 spiro atoms. The van der Waals surface area contributed by atoms with Gasteiger partial charge in [-0.05, 0) is 30.0 Å². The Morgan fingerprint density at radius 3 is 2.35 bits per heavy atom. The number of hydrogen-bond acceptors (Lipinski definition) is 3. The third-order valence-corrected chi connectivity index (χ3v) is 3.01. The van der Waals surface area contributed by atoms with Gasteiger partial charge in [-0.3, -0.25) is 4.79 Å². The summed E-state index contributed by atoms with van der Waals surface area (Å²) in [5.41, 5.74) is 1.35. The summed E-state index contributed by atoms with van der Waals surface area (Å²) in [6.45, 7) is 9.21. The number of benzene rings is 1. The molecule has 1 aromatic rings. The van der Waals surface area contributed by atoms with Crippen molar-refractivity contribution in [3.8, 4) is 5.75 Å². The van der Waals surface area contributed by atoms with E-state index >= 15 is 0 Å². The van der Waals surface area contributed by atoms with Gasteiger partial charge in [0.25, 0.3) is 5.91 Å². The second-order valence-corrected chi connectivity index (χ2v) is 5.82. The van der Waals surface area contributed by atoms with Crippen molar-refractivity contribution in [2.45, 2.75) is 39.2 Å². The Morgan fingerprint density at radius 2 is 1.85 bits per heavy atom. The van der Waals surface area contributed by atoms with Crippen LogP contribution >= 0.6 is 0 Å². The lowest BCUT2D eigenvalue weighted by molar-refractivity contribution is -0.127. The van der Waals surface area contributed by atoms with E-state index in [1.807, 2.05) is 24.3 Å². The summed E-state index contributed by atoms with van der Waals surface area (Å²) in [6.07, 6.45) is -0.521. The van der Waals surface area contributed by atoms with Crippen LogP contribution < -0.4 is 10.1 Å². The second-order valence-electron chi connectivity index (χ2n) is 5.82. The van der Waals surface area contributed by atoms with Crippen LogP contribution in [0.4, 0.5) is 0 Å². The molecule has 0 aromatic heterocycles. The van der Waals surface area contributed by atoms with Crippen molar-refractivity contribution in [1.29, 1.82) is 0 Å². The van der Waals surface area contributed by atoms with E-state index in [0.717, 1.165) is 0 Å². The van der Waals surface area contributed by atoms with E-state index in [2.05, 4.69) is 26.1 Å². The molecule has 4 nitrogen and oxygen atoms in total. The van der Waals surface area contributed by atoms with Crippen molar-refractivity contribution in [2.24, 2.45) is 0 Å². The van der Waals surface area contributed by atoms with Gasteiger partial charge >= 0.3 is 0 Å². The minimum atomic E-state index is -0.521. The molecular formula is C16H25NO3. The summed E-state index contributed by atoms with van der Waals surface area (Å²) in [7, 11) is 1.60. The zero-order chi connectivity index (χ0) is 15.2. The van der Waals surface area contributed by atoms with Crippen molar-refractivity contribution in [2.75, 3.05) is 20.3 Å². The predicted molar refractivity (Wildman–Crippen MR) is 80.1 cm³/mol. The van der Waals surface area contributed by atoms with E-state index in [4.69, 9.17) is 9.47 Å². The Balaban J connectivity index is 2.53. The first kappa shape index (κ1) is 16.5. The molecule has 1 rings (SSSR count). The highest BCUT2D eigenvalue weighted by Gasteiger charge is 2.16. The standard InChI is InChI=1S/C16H25NO3/c1-12(15(18)17-10-11-19-5)20-14-8-6-13(7-9-14)16(2,3)4/h6-9,12H,10-11H2,1-5H3,(H,17,18). The molecule has 4 heteroatoms. The highest BCUT2D eigenvalue weighted by molar-refractivity contribution is 5.80. The van der Waals surface area contributed by atoms with Gasteiger partial charge in [0, 0.05) is 13.7 Å². The van der Waals surface area contributed by atoms with Crippen LogP contribution in [-0.4, -0.2) is 32.3 Å². The normalized spacial score (nSPS) is 12.8. The van der Waals surface area contributed by atoms with E-state index in [-0.39, 0.29) is 11.3 Å². The van der Waals surface area contributed by atoms with Crippen molar-refractivity contribution in [1.82, 2.24) is 5.32 Å². The third-order valence-electron chi connectivity index (χ3n) is 3.01. The van der Waals surface area contributed by atoms with Gasteiger partial charge in [0.15, 0.2) is 6.10 Å². The number of carbonyl (C=O) groups excluding carboxylic acids is 1. The zero-order valence-electron chi connectivity index (χ0n) is 13.0. The van der Waals surface area contributed by atoms with E-state index in [0.29, 0.717) is 18.9 Å². The number of hydrogen-bond donors (Lipinski definition) is 1. The summed E-state index contributed by atoms with van der Waals surface area (Å²) >= 11 is 0. The van der Waals surface area contributed by atoms with Crippen LogP contribution in [0.2, 0.25) is 0 Å². The summed E-state index contributed by atoms with van der Waals surface area (Å²) in [4.78, 5) is 11.8. The first-order valence-electron chi connectivity index (χ1n) is 6.88. The molecule has 0 radical (unpaired) electrons. The number of nitrogens with one attached hydrogen (secondary N) is 1.